The summed E-state index contributed by atoms with van der Waals surface area (Å²) in [5, 5.41) is 2.91. The van der Waals surface area contributed by atoms with Crippen molar-refractivity contribution in [2.45, 2.75) is 65.6 Å². The van der Waals surface area contributed by atoms with E-state index in [0.29, 0.717) is 24.3 Å². The van der Waals surface area contributed by atoms with Crippen molar-refractivity contribution in [2.75, 3.05) is 24.2 Å². The SMILES string of the molecule is CC[C@@H](C(=O)NC(C)C)N(Cc1ccc(OC)cc1)C(=O)CCCN(c1ccccc1C)S(C)(=O)=O. The van der Waals surface area contributed by atoms with Crippen molar-refractivity contribution < 1.29 is 22.7 Å². The van der Waals surface area contributed by atoms with E-state index in [2.05, 4.69) is 5.32 Å². The highest BCUT2D eigenvalue weighted by Crippen LogP contribution is 2.23. The Morgan fingerprint density at radius 3 is 2.22 bits per heavy atom. The summed E-state index contributed by atoms with van der Waals surface area (Å²) in [7, 11) is -1.94. The summed E-state index contributed by atoms with van der Waals surface area (Å²) in [5.74, 6) is 0.306. The number of nitrogens with zero attached hydrogens (tertiary/aromatic N) is 2. The number of methoxy groups -OCH3 is 1. The van der Waals surface area contributed by atoms with Gasteiger partial charge < -0.3 is 15.0 Å². The van der Waals surface area contributed by atoms with Crippen molar-refractivity contribution in [1.82, 2.24) is 10.2 Å². The molecule has 0 aliphatic carbocycles. The molecule has 36 heavy (non-hydrogen) atoms. The molecule has 0 aliphatic heterocycles. The first kappa shape index (κ1) is 29.2. The standard InChI is InChI=1S/C27H39N3O5S/c1-7-24(27(32)28-20(2)3)29(19-22-14-16-23(35-5)17-15-22)26(31)13-10-18-30(36(6,33)34)25-12-9-8-11-21(25)4/h8-9,11-12,14-17,20,24H,7,10,13,18-19H2,1-6H3,(H,28,32)/t24-/m0/s1. The molecule has 0 unspecified atom stereocenters. The molecule has 2 rings (SSSR count). The largest absolute Gasteiger partial charge is 0.497 e. The van der Waals surface area contributed by atoms with Crippen LogP contribution in [0.4, 0.5) is 5.69 Å². The second-order valence-electron chi connectivity index (χ2n) is 9.18. The number of rotatable bonds is 13. The van der Waals surface area contributed by atoms with Crippen LogP contribution in [0.2, 0.25) is 0 Å². The number of anilines is 1. The van der Waals surface area contributed by atoms with E-state index in [1.165, 1.54) is 10.6 Å². The van der Waals surface area contributed by atoms with Gasteiger partial charge >= 0.3 is 0 Å². The number of ether oxygens (including phenoxy) is 1. The monoisotopic (exact) mass is 517 g/mol. The summed E-state index contributed by atoms with van der Waals surface area (Å²) in [4.78, 5) is 28.0. The van der Waals surface area contributed by atoms with Gasteiger partial charge in [0.2, 0.25) is 21.8 Å². The number of hydrogen-bond donors (Lipinski definition) is 1. The molecule has 8 nitrogen and oxygen atoms in total. The lowest BCUT2D eigenvalue weighted by Gasteiger charge is -2.31. The predicted molar refractivity (Wildman–Crippen MR) is 144 cm³/mol. The number of para-hydroxylation sites is 1. The van der Waals surface area contributed by atoms with Crippen LogP contribution >= 0.6 is 0 Å². The smallest absolute Gasteiger partial charge is 0.243 e. The first-order valence-electron chi connectivity index (χ1n) is 12.2. The summed E-state index contributed by atoms with van der Waals surface area (Å²) in [6, 6.07) is 14.0. The van der Waals surface area contributed by atoms with E-state index in [9.17, 15) is 18.0 Å². The lowest BCUT2D eigenvalue weighted by Crippen LogP contribution is -2.50. The zero-order valence-electron chi connectivity index (χ0n) is 22.2. The summed E-state index contributed by atoms with van der Waals surface area (Å²) in [6.07, 6.45) is 2.06. The van der Waals surface area contributed by atoms with E-state index in [-0.39, 0.29) is 37.4 Å². The third kappa shape index (κ3) is 8.26. The number of benzene rings is 2. The van der Waals surface area contributed by atoms with Crippen LogP contribution in [0, 0.1) is 6.92 Å². The van der Waals surface area contributed by atoms with Crippen LogP contribution in [-0.4, -0.2) is 57.1 Å². The zero-order valence-corrected chi connectivity index (χ0v) is 23.0. The van der Waals surface area contributed by atoms with Gasteiger partial charge in [0, 0.05) is 25.6 Å². The molecule has 0 radical (unpaired) electrons. The van der Waals surface area contributed by atoms with Gasteiger partial charge in [-0.2, -0.15) is 0 Å². The van der Waals surface area contributed by atoms with Crippen LogP contribution in [0.1, 0.15) is 51.2 Å². The van der Waals surface area contributed by atoms with E-state index in [0.717, 1.165) is 11.1 Å². The zero-order chi connectivity index (χ0) is 26.9. The molecule has 0 fully saturated rings. The normalized spacial score (nSPS) is 12.2. The van der Waals surface area contributed by atoms with Gasteiger partial charge in [-0.15, -0.1) is 0 Å². The highest BCUT2D eigenvalue weighted by Gasteiger charge is 2.29. The first-order chi connectivity index (χ1) is 17.0. The molecule has 2 aromatic carbocycles. The molecule has 9 heteroatoms. The Bertz CT molecular complexity index is 1120. The molecule has 0 bridgehead atoms. The highest BCUT2D eigenvalue weighted by molar-refractivity contribution is 7.92. The number of nitrogens with one attached hydrogen (secondary N) is 1. The molecule has 2 aromatic rings. The maximum Gasteiger partial charge on any atom is 0.243 e. The molecular weight excluding hydrogens is 478 g/mol. The van der Waals surface area contributed by atoms with Crippen LogP contribution in [0.15, 0.2) is 48.5 Å². The van der Waals surface area contributed by atoms with Gasteiger partial charge in [-0.3, -0.25) is 13.9 Å². The van der Waals surface area contributed by atoms with Gasteiger partial charge in [0.15, 0.2) is 0 Å². The van der Waals surface area contributed by atoms with E-state index in [4.69, 9.17) is 4.74 Å². The third-order valence-electron chi connectivity index (χ3n) is 5.87. The van der Waals surface area contributed by atoms with Crippen molar-refractivity contribution >= 4 is 27.5 Å². The van der Waals surface area contributed by atoms with Crippen molar-refractivity contribution in [2.24, 2.45) is 0 Å². The Balaban J connectivity index is 2.23. The maximum absolute atomic E-state index is 13.4. The fourth-order valence-corrected chi connectivity index (χ4v) is 5.08. The van der Waals surface area contributed by atoms with Gasteiger partial charge in [-0.05, 0) is 62.9 Å². The fourth-order valence-electron chi connectivity index (χ4n) is 4.05. The van der Waals surface area contributed by atoms with Crippen molar-refractivity contribution in [3.8, 4) is 5.75 Å². The number of carbonyl (C=O) groups excluding carboxylic acids is 2. The molecule has 0 spiro atoms. The van der Waals surface area contributed by atoms with Gasteiger partial charge in [-0.25, -0.2) is 8.42 Å². The lowest BCUT2D eigenvalue weighted by atomic mass is 10.1. The number of amides is 2. The summed E-state index contributed by atoms with van der Waals surface area (Å²) in [6.45, 7) is 7.93. The molecule has 0 aliphatic rings. The minimum atomic E-state index is -3.53. The van der Waals surface area contributed by atoms with Crippen LogP contribution < -0.4 is 14.4 Å². The average molecular weight is 518 g/mol. The number of aryl methyl sites for hydroxylation is 1. The quantitative estimate of drug-likeness (QED) is 0.435. The van der Waals surface area contributed by atoms with Crippen molar-refractivity contribution in [3.05, 3.63) is 59.7 Å². The summed E-state index contributed by atoms with van der Waals surface area (Å²) in [5.41, 5.74) is 2.31. The topological polar surface area (TPSA) is 96.0 Å². The molecule has 198 valence electrons. The Kier molecular flexibility index (Phi) is 10.8. The van der Waals surface area contributed by atoms with E-state index in [1.54, 1.807) is 24.1 Å². The fraction of sp³-hybridized carbons (Fsp3) is 0.481. The molecular formula is C27H39N3O5S. The molecule has 1 N–H and O–H groups in total. The molecule has 0 saturated heterocycles. The second-order valence-corrected chi connectivity index (χ2v) is 11.1. The molecule has 0 saturated carbocycles. The van der Waals surface area contributed by atoms with Crippen LogP contribution in [0.25, 0.3) is 0 Å². The Hall–Kier alpha value is -3.07. The number of sulfonamides is 1. The molecule has 2 amide bonds. The summed E-state index contributed by atoms with van der Waals surface area (Å²) < 4.78 is 31.6. The minimum Gasteiger partial charge on any atom is -0.497 e. The Labute approximate surface area is 215 Å². The maximum atomic E-state index is 13.4. The lowest BCUT2D eigenvalue weighted by molar-refractivity contribution is -0.141. The first-order valence-corrected chi connectivity index (χ1v) is 14.1. The predicted octanol–water partition coefficient (Wildman–Crippen LogP) is 3.88. The van der Waals surface area contributed by atoms with Crippen molar-refractivity contribution in [3.63, 3.8) is 0 Å². The van der Waals surface area contributed by atoms with Crippen molar-refractivity contribution in [1.29, 1.82) is 0 Å². The number of hydrogen-bond acceptors (Lipinski definition) is 5. The molecule has 0 heterocycles. The van der Waals surface area contributed by atoms with Gasteiger partial charge in [0.25, 0.3) is 0 Å². The third-order valence-corrected chi connectivity index (χ3v) is 7.05. The van der Waals surface area contributed by atoms with Gasteiger partial charge in [0.1, 0.15) is 11.8 Å². The van der Waals surface area contributed by atoms with Crippen LogP contribution in [-0.2, 0) is 26.2 Å². The van der Waals surface area contributed by atoms with E-state index in [1.807, 2.05) is 64.1 Å². The van der Waals surface area contributed by atoms with Crippen LogP contribution in [0.3, 0.4) is 0 Å². The minimum absolute atomic E-state index is 0.0538. The average Bonchev–Trinajstić information content (AvgIpc) is 2.81. The Morgan fingerprint density at radius 1 is 1.06 bits per heavy atom. The summed E-state index contributed by atoms with van der Waals surface area (Å²) >= 11 is 0. The van der Waals surface area contributed by atoms with Gasteiger partial charge in [-0.1, -0.05) is 37.3 Å². The van der Waals surface area contributed by atoms with E-state index >= 15 is 0 Å². The Morgan fingerprint density at radius 2 is 1.69 bits per heavy atom. The van der Waals surface area contributed by atoms with E-state index < -0.39 is 16.1 Å². The van der Waals surface area contributed by atoms with Gasteiger partial charge in [0.05, 0.1) is 19.1 Å². The second kappa shape index (κ2) is 13.3. The molecule has 1 atom stereocenters. The molecule has 0 aromatic heterocycles. The highest BCUT2D eigenvalue weighted by atomic mass is 32.2. The number of carbonyl (C=O) groups is 2. The van der Waals surface area contributed by atoms with Crippen LogP contribution in [0.5, 0.6) is 5.75 Å².